The lowest BCUT2D eigenvalue weighted by molar-refractivity contribution is 0.947. The molecule has 0 aliphatic rings. The summed E-state index contributed by atoms with van der Waals surface area (Å²) in [7, 11) is 6.60. The molecule has 0 spiro atoms. The number of hydrogen-bond donors (Lipinski definition) is 0. The number of halogens is 1. The number of anilines is 3. The van der Waals surface area contributed by atoms with E-state index in [-0.39, 0.29) is 0 Å². The van der Waals surface area contributed by atoms with Crippen LogP contribution in [0.4, 0.5) is 17.1 Å². The van der Waals surface area contributed by atoms with Crippen LogP contribution in [0.5, 0.6) is 0 Å². The van der Waals surface area contributed by atoms with Crippen LogP contribution in [0.15, 0.2) is 30.6 Å². The molecule has 0 amide bonds. The van der Waals surface area contributed by atoms with E-state index in [0.717, 1.165) is 28.1 Å². The van der Waals surface area contributed by atoms with E-state index in [0.29, 0.717) is 19.6 Å². The van der Waals surface area contributed by atoms with E-state index in [2.05, 4.69) is 40.5 Å². The molecule has 6 nitrogen and oxygen atoms in total. The quantitative estimate of drug-likeness (QED) is 0.513. The first-order valence-corrected chi connectivity index (χ1v) is 9.45. The smallest absolute Gasteiger partial charge is 0.154 e. The molecular formula is C17H18ClN6P. The largest absolute Gasteiger partial charge is 0.355 e. The SMILES string of the molecule is CPN(C)c1cc(N(C)c2ccc(C#N)nc2Cl)cc2c1ncn2C. The number of aromatic nitrogens is 3. The molecule has 0 N–H and O–H groups in total. The number of rotatable bonds is 4. The van der Waals surface area contributed by atoms with Crippen molar-refractivity contribution in [1.82, 2.24) is 14.5 Å². The average molecular weight is 373 g/mol. The molecule has 0 aliphatic heterocycles. The van der Waals surface area contributed by atoms with E-state index in [1.807, 2.05) is 42.0 Å². The minimum absolute atomic E-state index is 0.303. The van der Waals surface area contributed by atoms with Crippen LogP contribution in [0.1, 0.15) is 5.69 Å². The topological polar surface area (TPSA) is 61.0 Å². The lowest BCUT2D eigenvalue weighted by atomic mass is 10.2. The Kier molecular flexibility index (Phi) is 4.80. The standard InChI is InChI=1S/C17H18ClN6P/c1-22-10-20-16-14(22)7-12(8-15(16)24(3)25-4)23(2)13-6-5-11(9-19)21-17(13)18/h5-8,10,25H,1-4H3. The van der Waals surface area contributed by atoms with Crippen molar-refractivity contribution >= 4 is 48.4 Å². The van der Waals surface area contributed by atoms with Crippen LogP contribution in [0, 0.1) is 11.3 Å². The highest BCUT2D eigenvalue weighted by molar-refractivity contribution is 7.39. The molecule has 0 bridgehead atoms. The molecule has 1 unspecified atom stereocenters. The zero-order chi connectivity index (χ0) is 18.1. The number of nitriles is 1. The van der Waals surface area contributed by atoms with Gasteiger partial charge in [-0.05, 0) is 39.7 Å². The highest BCUT2D eigenvalue weighted by Crippen LogP contribution is 2.37. The fourth-order valence-electron chi connectivity index (χ4n) is 2.65. The Morgan fingerprint density at radius 3 is 2.64 bits per heavy atom. The lowest BCUT2D eigenvalue weighted by Crippen LogP contribution is -2.12. The molecule has 1 aromatic carbocycles. The van der Waals surface area contributed by atoms with Crippen molar-refractivity contribution < 1.29 is 0 Å². The summed E-state index contributed by atoms with van der Waals surface area (Å²) in [5, 5.41) is 9.26. The van der Waals surface area contributed by atoms with Gasteiger partial charge in [-0.1, -0.05) is 11.6 Å². The van der Waals surface area contributed by atoms with Crippen LogP contribution in [-0.2, 0) is 7.05 Å². The third kappa shape index (κ3) is 3.13. The summed E-state index contributed by atoms with van der Waals surface area (Å²) < 4.78 is 4.19. The van der Waals surface area contributed by atoms with Crippen LogP contribution >= 0.6 is 20.3 Å². The molecule has 2 aromatic heterocycles. The van der Waals surface area contributed by atoms with Crippen LogP contribution in [-0.4, -0.2) is 35.3 Å². The van der Waals surface area contributed by atoms with Crippen LogP contribution in [0.2, 0.25) is 5.15 Å². The zero-order valence-electron chi connectivity index (χ0n) is 14.4. The Hall–Kier alpha value is -2.35. The number of hydrogen-bond acceptors (Lipinski definition) is 5. The van der Waals surface area contributed by atoms with Crippen molar-refractivity contribution in [1.29, 1.82) is 5.26 Å². The summed E-state index contributed by atoms with van der Waals surface area (Å²) in [6, 6.07) is 9.66. The van der Waals surface area contributed by atoms with E-state index in [1.165, 1.54) is 0 Å². The molecule has 1 atom stereocenters. The summed E-state index contributed by atoms with van der Waals surface area (Å²) in [6.07, 6.45) is 1.82. The molecule has 25 heavy (non-hydrogen) atoms. The van der Waals surface area contributed by atoms with Crippen molar-refractivity contribution in [2.24, 2.45) is 7.05 Å². The number of pyridine rings is 1. The summed E-state index contributed by atoms with van der Waals surface area (Å²) in [4.78, 5) is 10.6. The molecule has 0 fully saturated rings. The van der Waals surface area contributed by atoms with Gasteiger partial charge in [-0.2, -0.15) is 5.26 Å². The van der Waals surface area contributed by atoms with Crippen LogP contribution in [0.25, 0.3) is 11.0 Å². The van der Waals surface area contributed by atoms with Gasteiger partial charge in [0, 0.05) is 26.8 Å². The Balaban J connectivity index is 2.15. The summed E-state index contributed by atoms with van der Waals surface area (Å²) >= 11 is 6.28. The number of nitrogens with zero attached hydrogens (tertiary/aromatic N) is 6. The van der Waals surface area contributed by atoms with Crippen LogP contribution in [0.3, 0.4) is 0 Å². The Bertz CT molecular complexity index is 977. The molecule has 8 heteroatoms. The summed E-state index contributed by atoms with van der Waals surface area (Å²) in [5.41, 5.74) is 5.11. The number of benzene rings is 1. The maximum absolute atomic E-state index is 8.96. The number of aryl methyl sites for hydroxylation is 1. The van der Waals surface area contributed by atoms with Crippen molar-refractivity contribution in [3.63, 3.8) is 0 Å². The highest BCUT2D eigenvalue weighted by Gasteiger charge is 2.16. The second-order valence-electron chi connectivity index (χ2n) is 5.65. The Morgan fingerprint density at radius 1 is 1.24 bits per heavy atom. The summed E-state index contributed by atoms with van der Waals surface area (Å²) in [5.74, 6) is 0. The van der Waals surface area contributed by atoms with Gasteiger partial charge in [-0.15, -0.1) is 0 Å². The Labute approximate surface area is 153 Å². The fourth-order valence-corrected chi connectivity index (χ4v) is 3.34. The van der Waals surface area contributed by atoms with Gasteiger partial charge in [0.2, 0.25) is 0 Å². The molecule has 3 rings (SSSR count). The molecular weight excluding hydrogens is 355 g/mol. The van der Waals surface area contributed by atoms with Gasteiger partial charge in [0.25, 0.3) is 0 Å². The molecule has 0 saturated heterocycles. The van der Waals surface area contributed by atoms with Crippen LogP contribution < -0.4 is 9.57 Å². The monoisotopic (exact) mass is 372 g/mol. The molecule has 2 heterocycles. The first-order valence-electron chi connectivity index (χ1n) is 7.62. The first kappa shape index (κ1) is 17.5. The van der Waals surface area contributed by atoms with E-state index < -0.39 is 0 Å². The highest BCUT2D eigenvalue weighted by atomic mass is 35.5. The fraction of sp³-hybridized carbons (Fsp3) is 0.235. The van der Waals surface area contributed by atoms with Gasteiger partial charge in [0.05, 0.1) is 23.2 Å². The minimum Gasteiger partial charge on any atom is -0.355 e. The lowest BCUT2D eigenvalue weighted by Gasteiger charge is -2.24. The van der Waals surface area contributed by atoms with Crippen molar-refractivity contribution in [2.45, 2.75) is 0 Å². The minimum atomic E-state index is 0.303. The predicted molar refractivity (Wildman–Crippen MR) is 105 cm³/mol. The second kappa shape index (κ2) is 6.87. The van der Waals surface area contributed by atoms with Crippen molar-refractivity contribution in [3.05, 3.63) is 41.4 Å². The molecule has 0 radical (unpaired) electrons. The van der Waals surface area contributed by atoms with E-state index in [9.17, 15) is 0 Å². The molecule has 0 aliphatic carbocycles. The molecule has 3 aromatic rings. The summed E-state index contributed by atoms with van der Waals surface area (Å²) in [6.45, 7) is 2.13. The second-order valence-corrected chi connectivity index (χ2v) is 7.12. The van der Waals surface area contributed by atoms with Gasteiger partial charge in [-0.25, -0.2) is 9.97 Å². The van der Waals surface area contributed by atoms with E-state index >= 15 is 0 Å². The molecule has 128 valence electrons. The maximum atomic E-state index is 8.96. The third-order valence-corrected chi connectivity index (χ3v) is 5.37. The van der Waals surface area contributed by atoms with Gasteiger partial charge < -0.3 is 14.1 Å². The van der Waals surface area contributed by atoms with Gasteiger partial charge in [0.15, 0.2) is 5.15 Å². The predicted octanol–water partition coefficient (Wildman–Crippen LogP) is 3.92. The number of imidazole rings is 1. The molecule has 0 saturated carbocycles. The van der Waals surface area contributed by atoms with Gasteiger partial charge in [0.1, 0.15) is 17.3 Å². The third-order valence-electron chi connectivity index (χ3n) is 4.18. The van der Waals surface area contributed by atoms with E-state index in [1.54, 1.807) is 6.07 Å². The average Bonchev–Trinajstić information content (AvgIpc) is 3.00. The Morgan fingerprint density at radius 2 is 2.00 bits per heavy atom. The zero-order valence-corrected chi connectivity index (χ0v) is 16.2. The van der Waals surface area contributed by atoms with Crippen molar-refractivity contribution in [3.8, 4) is 6.07 Å². The van der Waals surface area contributed by atoms with Gasteiger partial charge in [-0.3, -0.25) is 0 Å². The number of fused-ring (bicyclic) bond motifs is 1. The van der Waals surface area contributed by atoms with Gasteiger partial charge >= 0.3 is 0 Å². The first-order chi connectivity index (χ1) is 12.0. The van der Waals surface area contributed by atoms with E-state index in [4.69, 9.17) is 16.9 Å². The maximum Gasteiger partial charge on any atom is 0.154 e. The normalized spacial score (nSPS) is 11.2. The van der Waals surface area contributed by atoms with Crippen molar-refractivity contribution in [2.75, 3.05) is 30.3 Å².